The van der Waals surface area contributed by atoms with Gasteiger partial charge in [0.1, 0.15) is 0 Å². The molecule has 1 aromatic carbocycles. The number of benzene rings is 1. The number of rotatable bonds is 1. The number of esters is 2. The first-order valence-electron chi connectivity index (χ1n) is 4.69. The standard InChI is InChI=1S/C10H8O8/c11-7-5-1-2-6(4-3-5)8(12)18-10(16,17-7)9(13,14)15/h1-4,13-16H. The molecular formula is C10H8O8. The van der Waals surface area contributed by atoms with Gasteiger partial charge in [-0.2, -0.15) is 0 Å². The maximum absolute atomic E-state index is 11.5. The highest BCUT2D eigenvalue weighted by Gasteiger charge is 2.57. The lowest BCUT2D eigenvalue weighted by atomic mass is 10.1. The molecule has 8 heteroatoms. The highest BCUT2D eigenvalue weighted by atomic mass is 16.9. The Morgan fingerprint density at radius 1 is 0.889 bits per heavy atom. The quantitative estimate of drug-likeness (QED) is 0.345. The average Bonchev–Trinajstić information content (AvgIpc) is 2.33. The molecule has 0 unspecified atom stereocenters. The molecular weight excluding hydrogens is 248 g/mol. The largest absolute Gasteiger partial charge is 0.461 e. The van der Waals surface area contributed by atoms with Crippen molar-refractivity contribution in [2.24, 2.45) is 0 Å². The molecule has 3 rings (SSSR count). The Hall–Kier alpha value is -2.00. The number of aliphatic hydroxyl groups is 4. The summed E-state index contributed by atoms with van der Waals surface area (Å²) in [5, 5.41) is 36.2. The highest BCUT2D eigenvalue weighted by Crippen LogP contribution is 2.26. The molecule has 0 radical (unpaired) electrons. The molecule has 96 valence electrons. The Labute approximate surface area is 99.6 Å². The van der Waals surface area contributed by atoms with Crippen molar-refractivity contribution in [3.8, 4) is 0 Å². The first-order chi connectivity index (χ1) is 8.23. The van der Waals surface area contributed by atoms with Gasteiger partial charge in [0.05, 0.1) is 11.1 Å². The summed E-state index contributed by atoms with van der Waals surface area (Å²) in [4.78, 5) is 23.0. The van der Waals surface area contributed by atoms with Gasteiger partial charge >= 0.3 is 23.9 Å². The topological polar surface area (TPSA) is 134 Å². The zero-order chi connectivity index (χ0) is 13.6. The van der Waals surface area contributed by atoms with Gasteiger partial charge in [-0.1, -0.05) is 0 Å². The van der Waals surface area contributed by atoms with Gasteiger partial charge < -0.3 is 29.9 Å². The molecule has 8 nitrogen and oxygen atoms in total. The number of carbonyl (C=O) groups excluding carboxylic acids is 2. The fourth-order valence-corrected chi connectivity index (χ4v) is 1.27. The third-order valence-corrected chi connectivity index (χ3v) is 2.24. The summed E-state index contributed by atoms with van der Waals surface area (Å²) in [6, 6.07) is 4.83. The van der Waals surface area contributed by atoms with Crippen LogP contribution in [-0.4, -0.2) is 44.3 Å². The van der Waals surface area contributed by atoms with Crippen molar-refractivity contribution >= 4 is 11.9 Å². The fourth-order valence-electron chi connectivity index (χ4n) is 1.27. The Kier molecular flexibility index (Phi) is 2.60. The van der Waals surface area contributed by atoms with E-state index >= 15 is 0 Å². The van der Waals surface area contributed by atoms with Gasteiger partial charge in [0.25, 0.3) is 0 Å². The third-order valence-electron chi connectivity index (χ3n) is 2.24. The smallest absolute Gasteiger partial charge is 0.388 e. The van der Waals surface area contributed by atoms with Crippen molar-refractivity contribution in [2.45, 2.75) is 11.9 Å². The second-order valence-corrected chi connectivity index (χ2v) is 3.57. The molecule has 2 heterocycles. The van der Waals surface area contributed by atoms with Crippen molar-refractivity contribution < 1.29 is 39.5 Å². The van der Waals surface area contributed by atoms with Crippen LogP contribution in [-0.2, 0) is 9.47 Å². The van der Waals surface area contributed by atoms with E-state index in [1.54, 1.807) is 0 Å². The van der Waals surface area contributed by atoms with Crippen LogP contribution in [0.2, 0.25) is 0 Å². The maximum atomic E-state index is 11.5. The van der Waals surface area contributed by atoms with Crippen LogP contribution in [0.25, 0.3) is 0 Å². The van der Waals surface area contributed by atoms with Gasteiger partial charge in [-0.05, 0) is 24.3 Å². The molecule has 0 saturated heterocycles. The molecule has 0 atom stereocenters. The lowest BCUT2D eigenvalue weighted by molar-refractivity contribution is -0.504. The first-order valence-corrected chi connectivity index (χ1v) is 4.69. The van der Waals surface area contributed by atoms with Crippen LogP contribution >= 0.6 is 0 Å². The third kappa shape index (κ3) is 1.93. The van der Waals surface area contributed by atoms with Crippen LogP contribution in [0.3, 0.4) is 0 Å². The van der Waals surface area contributed by atoms with Crippen LogP contribution in [0.4, 0.5) is 0 Å². The van der Waals surface area contributed by atoms with E-state index < -0.39 is 23.9 Å². The second-order valence-electron chi connectivity index (χ2n) is 3.57. The van der Waals surface area contributed by atoms with Gasteiger partial charge in [-0.15, -0.1) is 0 Å². The van der Waals surface area contributed by atoms with E-state index in [-0.39, 0.29) is 11.1 Å². The fraction of sp³-hybridized carbons (Fsp3) is 0.200. The molecule has 0 spiro atoms. The van der Waals surface area contributed by atoms with Crippen LogP contribution in [0.15, 0.2) is 24.3 Å². The molecule has 0 aromatic heterocycles. The molecule has 1 aromatic rings. The van der Waals surface area contributed by atoms with Crippen molar-refractivity contribution in [3.63, 3.8) is 0 Å². The molecule has 0 aliphatic carbocycles. The van der Waals surface area contributed by atoms with Crippen LogP contribution < -0.4 is 0 Å². The van der Waals surface area contributed by atoms with Gasteiger partial charge in [-0.3, -0.25) is 0 Å². The first kappa shape index (κ1) is 12.5. The van der Waals surface area contributed by atoms with Gasteiger partial charge in [0.15, 0.2) is 0 Å². The lowest BCUT2D eigenvalue weighted by Gasteiger charge is -2.31. The monoisotopic (exact) mass is 256 g/mol. The number of fused-ring (bicyclic) bond motifs is 6. The van der Waals surface area contributed by atoms with Crippen LogP contribution in [0, 0.1) is 0 Å². The van der Waals surface area contributed by atoms with E-state index in [2.05, 4.69) is 9.47 Å². The number of ether oxygens (including phenoxy) is 2. The molecule has 18 heavy (non-hydrogen) atoms. The van der Waals surface area contributed by atoms with E-state index in [1.165, 1.54) is 24.3 Å². The van der Waals surface area contributed by atoms with Crippen LogP contribution in [0.1, 0.15) is 20.7 Å². The Bertz CT molecular complexity index is 461. The van der Waals surface area contributed by atoms with Gasteiger partial charge in [-0.25, -0.2) is 9.59 Å². The van der Waals surface area contributed by atoms with Crippen molar-refractivity contribution in [1.82, 2.24) is 0 Å². The molecule has 2 aliphatic heterocycles. The zero-order valence-corrected chi connectivity index (χ0v) is 8.73. The normalized spacial score (nSPS) is 18.4. The van der Waals surface area contributed by atoms with E-state index in [4.69, 9.17) is 15.3 Å². The van der Waals surface area contributed by atoms with Crippen molar-refractivity contribution in [2.75, 3.05) is 0 Å². The minimum atomic E-state index is -3.97. The summed E-state index contributed by atoms with van der Waals surface area (Å²) in [7, 11) is 0. The summed E-state index contributed by atoms with van der Waals surface area (Å²) >= 11 is 0. The van der Waals surface area contributed by atoms with Crippen molar-refractivity contribution in [3.05, 3.63) is 35.4 Å². The van der Waals surface area contributed by atoms with Gasteiger partial charge in [0, 0.05) is 0 Å². The number of carbonyl (C=O) groups is 2. The zero-order valence-electron chi connectivity index (χ0n) is 8.73. The molecule has 2 aliphatic rings. The van der Waals surface area contributed by atoms with Crippen LogP contribution in [0.5, 0.6) is 0 Å². The van der Waals surface area contributed by atoms with E-state index in [0.29, 0.717) is 0 Å². The number of hydrogen-bond acceptors (Lipinski definition) is 8. The summed E-state index contributed by atoms with van der Waals surface area (Å²) in [5.74, 6) is -10.0. The summed E-state index contributed by atoms with van der Waals surface area (Å²) in [6.45, 7) is 0. The average molecular weight is 256 g/mol. The minimum Gasteiger partial charge on any atom is -0.388 e. The molecule has 0 amide bonds. The van der Waals surface area contributed by atoms with E-state index in [1.807, 2.05) is 0 Å². The molecule has 4 N–H and O–H groups in total. The Morgan fingerprint density at radius 2 is 1.22 bits per heavy atom. The molecule has 0 saturated carbocycles. The molecule has 0 fully saturated rings. The Morgan fingerprint density at radius 3 is 1.50 bits per heavy atom. The maximum Gasteiger partial charge on any atom is 0.461 e. The highest BCUT2D eigenvalue weighted by molar-refractivity contribution is 5.94. The predicted octanol–water partition coefficient (Wildman–Crippen LogP) is -1.71. The molecule has 2 bridgehead atoms. The summed E-state index contributed by atoms with van der Waals surface area (Å²) in [5.41, 5.74) is -0.167. The van der Waals surface area contributed by atoms with E-state index in [9.17, 15) is 14.7 Å². The summed E-state index contributed by atoms with van der Waals surface area (Å²) in [6.07, 6.45) is 0. The van der Waals surface area contributed by atoms with Gasteiger partial charge in [0.2, 0.25) is 0 Å². The van der Waals surface area contributed by atoms with Crippen molar-refractivity contribution in [1.29, 1.82) is 0 Å². The number of hydrogen-bond donors (Lipinski definition) is 4. The van der Waals surface area contributed by atoms with E-state index in [0.717, 1.165) is 0 Å². The minimum absolute atomic E-state index is 0.0836. The SMILES string of the molecule is O=C1OC(O)(C(O)(O)O)OC(=O)c2ccc1cc2. The lowest BCUT2D eigenvalue weighted by Crippen LogP contribution is -2.59. The Balaban J connectivity index is 2.51. The predicted molar refractivity (Wildman–Crippen MR) is 51.6 cm³/mol. The second kappa shape index (κ2) is 3.75. The summed E-state index contributed by atoms with van der Waals surface area (Å²) < 4.78 is 8.39.